The highest BCUT2D eigenvalue weighted by Gasteiger charge is 2.29. The molecule has 0 aromatic rings. The minimum atomic E-state index is -0.252. The minimum Gasteiger partial charge on any atom is -0.312 e. The Kier molecular flexibility index (Phi) is 5.73. The van der Waals surface area contributed by atoms with Gasteiger partial charge in [0.1, 0.15) is 6.54 Å². The third kappa shape index (κ3) is 4.59. The van der Waals surface area contributed by atoms with Gasteiger partial charge in [0.2, 0.25) is 5.91 Å². The number of rotatable bonds is 7. The number of imide groups is 1. The van der Waals surface area contributed by atoms with Gasteiger partial charge in [0, 0.05) is 6.04 Å². The summed E-state index contributed by atoms with van der Waals surface area (Å²) in [5, 5.41) is 2.30. The Labute approximate surface area is 103 Å². The average Bonchev–Trinajstić information content (AvgIpc) is 2.62. The zero-order valence-electron chi connectivity index (χ0n) is 10.7. The summed E-state index contributed by atoms with van der Waals surface area (Å²) in [4.78, 5) is 24.0. The monoisotopic (exact) mass is 238 g/mol. The summed E-state index contributed by atoms with van der Waals surface area (Å²) in [5.74, 6) is -0.194. The lowest BCUT2D eigenvalue weighted by Crippen LogP contribution is -2.35. The van der Waals surface area contributed by atoms with Gasteiger partial charge in [0.05, 0.1) is 0 Å². The molecule has 0 spiro atoms. The van der Waals surface area contributed by atoms with E-state index < -0.39 is 0 Å². The fraction of sp³-hybridized carbons (Fsp3) is 0.692. The molecule has 1 atom stereocenters. The molecular weight excluding hydrogens is 216 g/mol. The number of amides is 3. The van der Waals surface area contributed by atoms with Crippen LogP contribution in [0.3, 0.4) is 0 Å². The predicted octanol–water partition coefficient (Wildman–Crippen LogP) is 2.45. The van der Waals surface area contributed by atoms with Gasteiger partial charge in [0.15, 0.2) is 0 Å². The van der Waals surface area contributed by atoms with Crippen molar-refractivity contribution in [2.24, 2.45) is 0 Å². The van der Waals surface area contributed by atoms with Crippen LogP contribution < -0.4 is 5.32 Å². The van der Waals surface area contributed by atoms with Crippen molar-refractivity contribution in [1.29, 1.82) is 0 Å². The Hall–Kier alpha value is -1.32. The lowest BCUT2D eigenvalue weighted by molar-refractivity contribution is -0.118. The molecule has 0 aliphatic carbocycles. The van der Waals surface area contributed by atoms with Gasteiger partial charge in [-0.25, -0.2) is 4.79 Å². The van der Waals surface area contributed by atoms with E-state index in [9.17, 15) is 9.59 Å². The lowest BCUT2D eigenvalue weighted by atomic mass is 10.1. The summed E-state index contributed by atoms with van der Waals surface area (Å²) in [6.07, 6.45) is 9.82. The molecule has 1 saturated heterocycles. The highest BCUT2D eigenvalue weighted by Crippen LogP contribution is 2.11. The molecule has 1 heterocycles. The Balaban J connectivity index is 2.21. The molecule has 1 fully saturated rings. The molecule has 96 valence electrons. The molecule has 3 amide bonds. The van der Waals surface area contributed by atoms with Crippen LogP contribution in [0.1, 0.15) is 46.0 Å². The summed E-state index contributed by atoms with van der Waals surface area (Å²) in [6.45, 7) is 4.37. The molecule has 1 unspecified atom stereocenters. The number of carbonyl (C=O) groups is 2. The predicted molar refractivity (Wildman–Crippen MR) is 67.6 cm³/mol. The van der Waals surface area contributed by atoms with Crippen molar-refractivity contribution >= 4 is 11.9 Å². The zero-order valence-corrected chi connectivity index (χ0v) is 10.7. The molecule has 0 radical (unpaired) electrons. The molecule has 4 heteroatoms. The highest BCUT2D eigenvalue weighted by molar-refractivity contribution is 6.02. The minimum absolute atomic E-state index is 0.122. The molecule has 0 saturated carbocycles. The maximum absolute atomic E-state index is 11.4. The second-order valence-corrected chi connectivity index (χ2v) is 4.52. The van der Waals surface area contributed by atoms with E-state index in [1.54, 1.807) is 4.90 Å². The van der Waals surface area contributed by atoms with Gasteiger partial charge in [-0.1, -0.05) is 31.9 Å². The van der Waals surface area contributed by atoms with Gasteiger partial charge in [0.25, 0.3) is 0 Å². The van der Waals surface area contributed by atoms with Crippen LogP contribution in [0.4, 0.5) is 4.79 Å². The van der Waals surface area contributed by atoms with Gasteiger partial charge in [-0.3, -0.25) is 10.1 Å². The molecule has 1 rings (SSSR count). The van der Waals surface area contributed by atoms with Crippen molar-refractivity contribution in [2.45, 2.75) is 52.0 Å². The molecule has 0 aromatic carbocycles. The average molecular weight is 238 g/mol. The fourth-order valence-electron chi connectivity index (χ4n) is 1.86. The number of hydrogen-bond donors (Lipinski definition) is 1. The van der Waals surface area contributed by atoms with Gasteiger partial charge >= 0.3 is 6.03 Å². The zero-order chi connectivity index (χ0) is 12.7. The van der Waals surface area contributed by atoms with Crippen LogP contribution in [0, 0.1) is 0 Å². The molecule has 1 N–H and O–H groups in total. The second kappa shape index (κ2) is 7.09. The summed E-state index contributed by atoms with van der Waals surface area (Å²) in [6, 6.07) is -0.130. The number of carbonyl (C=O) groups excluding carboxylic acids is 2. The summed E-state index contributed by atoms with van der Waals surface area (Å²) in [7, 11) is 0. The normalized spacial score (nSPS) is 17.9. The quantitative estimate of drug-likeness (QED) is 0.421. The SMILES string of the molecule is CCCCC=CCCC(C)N1CC(=O)NC1=O. The first-order valence-corrected chi connectivity index (χ1v) is 6.40. The maximum atomic E-state index is 11.4. The molecule has 0 aromatic heterocycles. The third-order valence-electron chi connectivity index (χ3n) is 3.00. The van der Waals surface area contributed by atoms with E-state index in [0.717, 1.165) is 19.3 Å². The van der Waals surface area contributed by atoms with E-state index >= 15 is 0 Å². The first kappa shape index (κ1) is 13.7. The number of urea groups is 1. The molecule has 4 nitrogen and oxygen atoms in total. The van der Waals surface area contributed by atoms with E-state index in [1.807, 2.05) is 6.92 Å². The van der Waals surface area contributed by atoms with Crippen LogP contribution >= 0.6 is 0 Å². The van der Waals surface area contributed by atoms with E-state index in [0.29, 0.717) is 0 Å². The number of nitrogens with one attached hydrogen (secondary N) is 1. The Bertz CT molecular complexity index is 300. The molecule has 1 aliphatic rings. The third-order valence-corrected chi connectivity index (χ3v) is 3.00. The van der Waals surface area contributed by atoms with Crippen LogP contribution in [0.2, 0.25) is 0 Å². The van der Waals surface area contributed by atoms with Crippen molar-refractivity contribution in [2.75, 3.05) is 6.54 Å². The van der Waals surface area contributed by atoms with Crippen LogP contribution in [0.25, 0.3) is 0 Å². The summed E-state index contributed by atoms with van der Waals surface area (Å²) < 4.78 is 0. The van der Waals surface area contributed by atoms with Crippen LogP contribution in [0.5, 0.6) is 0 Å². The van der Waals surface area contributed by atoms with Crippen molar-refractivity contribution in [1.82, 2.24) is 10.2 Å². The van der Waals surface area contributed by atoms with E-state index in [4.69, 9.17) is 0 Å². The standard InChI is InChI=1S/C13H22N2O2/c1-3-4-5-6-7-8-9-11(2)15-10-12(16)14-13(15)17/h6-7,11H,3-5,8-10H2,1-2H3,(H,14,16,17). The van der Waals surface area contributed by atoms with Gasteiger partial charge < -0.3 is 4.90 Å². The van der Waals surface area contributed by atoms with Gasteiger partial charge in [-0.05, 0) is 26.2 Å². The number of hydrogen-bond acceptors (Lipinski definition) is 2. The van der Waals surface area contributed by atoms with Crippen molar-refractivity contribution in [3.8, 4) is 0 Å². The molecule has 17 heavy (non-hydrogen) atoms. The van der Waals surface area contributed by atoms with E-state index in [1.165, 1.54) is 12.8 Å². The number of nitrogens with zero attached hydrogens (tertiary/aromatic N) is 1. The highest BCUT2D eigenvalue weighted by atomic mass is 16.2. The molecular formula is C13H22N2O2. The van der Waals surface area contributed by atoms with Crippen LogP contribution in [0.15, 0.2) is 12.2 Å². The first-order chi connectivity index (χ1) is 8.15. The summed E-state index contributed by atoms with van der Waals surface area (Å²) >= 11 is 0. The number of allylic oxidation sites excluding steroid dienone is 2. The Morgan fingerprint density at radius 2 is 2.06 bits per heavy atom. The molecule has 1 aliphatic heterocycles. The largest absolute Gasteiger partial charge is 0.324 e. The Morgan fingerprint density at radius 1 is 1.35 bits per heavy atom. The van der Waals surface area contributed by atoms with Crippen LogP contribution in [-0.2, 0) is 4.79 Å². The number of unbranched alkanes of at least 4 members (excludes halogenated alkanes) is 2. The molecule has 0 bridgehead atoms. The van der Waals surface area contributed by atoms with E-state index in [-0.39, 0.29) is 24.5 Å². The van der Waals surface area contributed by atoms with Gasteiger partial charge in [-0.2, -0.15) is 0 Å². The lowest BCUT2D eigenvalue weighted by Gasteiger charge is -2.21. The van der Waals surface area contributed by atoms with Crippen molar-refractivity contribution < 1.29 is 9.59 Å². The van der Waals surface area contributed by atoms with Gasteiger partial charge in [-0.15, -0.1) is 0 Å². The van der Waals surface area contributed by atoms with E-state index in [2.05, 4.69) is 24.4 Å². The smallest absolute Gasteiger partial charge is 0.312 e. The fourth-order valence-corrected chi connectivity index (χ4v) is 1.86. The second-order valence-electron chi connectivity index (χ2n) is 4.52. The summed E-state index contributed by atoms with van der Waals surface area (Å²) in [5.41, 5.74) is 0. The topological polar surface area (TPSA) is 49.4 Å². The maximum Gasteiger partial charge on any atom is 0.324 e. The van der Waals surface area contributed by atoms with Crippen LogP contribution in [-0.4, -0.2) is 29.4 Å². The van der Waals surface area contributed by atoms with Crippen molar-refractivity contribution in [3.05, 3.63) is 12.2 Å². The van der Waals surface area contributed by atoms with Crippen molar-refractivity contribution in [3.63, 3.8) is 0 Å². The first-order valence-electron chi connectivity index (χ1n) is 6.40. The Morgan fingerprint density at radius 3 is 2.65 bits per heavy atom.